The predicted molar refractivity (Wildman–Crippen MR) is 95.5 cm³/mol. The Kier molecular flexibility index (Phi) is 15.3. The molecule has 0 saturated carbocycles. The first kappa shape index (κ1) is 21.6. The summed E-state index contributed by atoms with van der Waals surface area (Å²) < 4.78 is 10.6. The van der Waals surface area contributed by atoms with E-state index in [0.29, 0.717) is 19.3 Å². The zero-order valence-corrected chi connectivity index (χ0v) is 15.4. The zero-order chi connectivity index (χ0) is 16.6. The molecule has 0 aromatic heterocycles. The van der Waals surface area contributed by atoms with E-state index < -0.39 is 6.29 Å². The number of rotatable bonds is 14. The van der Waals surface area contributed by atoms with E-state index in [4.69, 9.17) is 9.47 Å². The van der Waals surface area contributed by atoms with Crippen LogP contribution in [0, 0.1) is 0 Å². The fraction of sp³-hybridized carbons (Fsp3) is 0.875. The Morgan fingerprint density at radius 2 is 1.32 bits per heavy atom. The van der Waals surface area contributed by atoms with E-state index in [0.717, 1.165) is 56.5 Å². The molecular weight excluding hydrogens is 320 g/mol. The van der Waals surface area contributed by atoms with Gasteiger partial charge < -0.3 is 9.47 Å². The first-order valence-corrected chi connectivity index (χ1v) is 9.51. The van der Waals surface area contributed by atoms with Crippen LogP contribution < -0.4 is 0 Å². The van der Waals surface area contributed by atoms with Crippen molar-refractivity contribution >= 4 is 37.2 Å². The first-order valence-electron chi connectivity index (χ1n) is 8.24. The molecule has 0 aromatic rings. The smallest absolute Gasteiger partial charge is 0.308 e. The Labute approximate surface area is 145 Å². The quantitative estimate of drug-likeness (QED) is 0.214. The summed E-state index contributed by atoms with van der Waals surface area (Å²) in [5.74, 6) is 0.915. The van der Waals surface area contributed by atoms with Crippen molar-refractivity contribution < 1.29 is 19.1 Å². The number of thiol groups is 2. The molecule has 4 nitrogen and oxygen atoms in total. The fourth-order valence-corrected chi connectivity index (χ4v) is 2.32. The number of hydrogen-bond donors (Lipinski definition) is 2. The van der Waals surface area contributed by atoms with E-state index in [1.54, 1.807) is 0 Å². The molecule has 0 amide bonds. The van der Waals surface area contributed by atoms with Crippen LogP contribution in [0.1, 0.15) is 71.1 Å². The van der Waals surface area contributed by atoms with Crippen LogP contribution in [0.25, 0.3) is 0 Å². The standard InChI is InChI=1S/C16H30O4S2/c1-2-3-4-11-16(19-14(17)9-5-7-12-21)20-15(18)10-6-8-13-22/h16,21-22H,2-13H2,1H3. The van der Waals surface area contributed by atoms with Crippen molar-refractivity contribution in [3.05, 3.63) is 0 Å². The van der Waals surface area contributed by atoms with Gasteiger partial charge in [-0.1, -0.05) is 19.8 Å². The molecule has 0 saturated heterocycles. The molecule has 0 aliphatic carbocycles. The van der Waals surface area contributed by atoms with Gasteiger partial charge in [0.15, 0.2) is 0 Å². The molecule has 0 N–H and O–H groups in total. The second-order valence-corrected chi connectivity index (χ2v) is 6.16. The van der Waals surface area contributed by atoms with Crippen molar-refractivity contribution in [1.29, 1.82) is 0 Å². The minimum absolute atomic E-state index is 0.300. The van der Waals surface area contributed by atoms with E-state index in [-0.39, 0.29) is 11.9 Å². The highest BCUT2D eigenvalue weighted by atomic mass is 32.1. The maximum atomic E-state index is 11.8. The minimum atomic E-state index is -0.737. The van der Waals surface area contributed by atoms with Gasteiger partial charge in [0.1, 0.15) is 0 Å². The van der Waals surface area contributed by atoms with E-state index in [1.807, 2.05) is 0 Å². The highest BCUT2D eigenvalue weighted by Crippen LogP contribution is 2.12. The second kappa shape index (κ2) is 15.5. The van der Waals surface area contributed by atoms with Crippen LogP contribution in [-0.2, 0) is 19.1 Å². The molecule has 0 atom stereocenters. The molecule has 0 bridgehead atoms. The molecule has 0 aliphatic rings. The third-order valence-corrected chi connectivity index (χ3v) is 3.78. The Morgan fingerprint density at radius 3 is 1.73 bits per heavy atom. The third-order valence-electron chi connectivity index (χ3n) is 3.15. The third kappa shape index (κ3) is 13.3. The topological polar surface area (TPSA) is 52.6 Å². The van der Waals surface area contributed by atoms with Crippen LogP contribution >= 0.6 is 25.3 Å². The summed E-state index contributed by atoms with van der Waals surface area (Å²) in [6, 6.07) is 0. The summed E-state index contributed by atoms with van der Waals surface area (Å²) in [5, 5.41) is 0. The molecule has 0 unspecified atom stereocenters. The minimum Gasteiger partial charge on any atom is -0.425 e. The maximum absolute atomic E-state index is 11.8. The highest BCUT2D eigenvalue weighted by molar-refractivity contribution is 7.80. The average molecular weight is 351 g/mol. The molecule has 22 heavy (non-hydrogen) atoms. The van der Waals surface area contributed by atoms with Gasteiger partial charge in [0.2, 0.25) is 6.29 Å². The van der Waals surface area contributed by atoms with Gasteiger partial charge in [-0.2, -0.15) is 25.3 Å². The summed E-state index contributed by atoms with van der Waals surface area (Å²) in [4.78, 5) is 23.5. The van der Waals surface area contributed by atoms with Crippen molar-refractivity contribution in [3.8, 4) is 0 Å². The van der Waals surface area contributed by atoms with Crippen molar-refractivity contribution in [1.82, 2.24) is 0 Å². The number of unbranched alkanes of at least 4 members (excludes halogenated alkanes) is 4. The van der Waals surface area contributed by atoms with E-state index in [2.05, 4.69) is 32.2 Å². The molecule has 6 heteroatoms. The van der Waals surface area contributed by atoms with Crippen molar-refractivity contribution in [3.63, 3.8) is 0 Å². The lowest BCUT2D eigenvalue weighted by atomic mass is 10.2. The number of carbonyl (C=O) groups is 2. The van der Waals surface area contributed by atoms with Gasteiger partial charge in [-0.05, 0) is 43.6 Å². The summed E-state index contributed by atoms with van der Waals surface area (Å²) in [6.45, 7) is 2.10. The number of ether oxygens (including phenoxy) is 2. The summed E-state index contributed by atoms with van der Waals surface area (Å²) in [5.41, 5.74) is 0. The van der Waals surface area contributed by atoms with E-state index in [1.165, 1.54) is 0 Å². The first-order chi connectivity index (χ1) is 10.6. The van der Waals surface area contributed by atoms with E-state index in [9.17, 15) is 9.59 Å². The normalized spacial score (nSPS) is 10.7. The number of carbonyl (C=O) groups excluding carboxylic acids is 2. The van der Waals surface area contributed by atoms with Gasteiger partial charge in [0.05, 0.1) is 0 Å². The van der Waals surface area contributed by atoms with Gasteiger partial charge in [-0.25, -0.2) is 0 Å². The van der Waals surface area contributed by atoms with Crippen LogP contribution in [0.5, 0.6) is 0 Å². The predicted octanol–water partition coefficient (Wildman–Crippen LogP) is 4.18. The van der Waals surface area contributed by atoms with Crippen molar-refractivity contribution in [2.75, 3.05) is 11.5 Å². The van der Waals surface area contributed by atoms with Crippen LogP contribution in [0.3, 0.4) is 0 Å². The lowest BCUT2D eigenvalue weighted by molar-refractivity contribution is -0.189. The molecule has 0 radical (unpaired) electrons. The second-order valence-electron chi connectivity index (χ2n) is 5.27. The fourth-order valence-electron chi connectivity index (χ4n) is 1.88. The Balaban J connectivity index is 4.17. The number of hydrogen-bond acceptors (Lipinski definition) is 6. The van der Waals surface area contributed by atoms with E-state index >= 15 is 0 Å². The highest BCUT2D eigenvalue weighted by Gasteiger charge is 2.18. The lowest BCUT2D eigenvalue weighted by Gasteiger charge is -2.18. The van der Waals surface area contributed by atoms with Gasteiger partial charge >= 0.3 is 11.9 Å². The van der Waals surface area contributed by atoms with Gasteiger partial charge in [-0.15, -0.1) is 0 Å². The van der Waals surface area contributed by atoms with Crippen LogP contribution in [-0.4, -0.2) is 29.7 Å². The van der Waals surface area contributed by atoms with Crippen LogP contribution in [0.15, 0.2) is 0 Å². The molecule has 0 rings (SSSR count). The summed E-state index contributed by atoms with van der Waals surface area (Å²) in [6.07, 6.45) is 6.77. The SMILES string of the molecule is CCCCCC(OC(=O)CCCCS)OC(=O)CCCCS. The largest absolute Gasteiger partial charge is 0.425 e. The van der Waals surface area contributed by atoms with Crippen molar-refractivity contribution in [2.24, 2.45) is 0 Å². The average Bonchev–Trinajstić information content (AvgIpc) is 2.48. The molecule has 0 aromatic carbocycles. The Bertz CT molecular complexity index is 274. The summed E-state index contributed by atoms with van der Waals surface area (Å²) in [7, 11) is 0. The Morgan fingerprint density at radius 1 is 0.818 bits per heavy atom. The molecule has 0 fully saturated rings. The molecular formula is C16H30O4S2. The Hall–Kier alpha value is -0.360. The van der Waals surface area contributed by atoms with Gasteiger partial charge in [-0.3, -0.25) is 9.59 Å². The molecule has 0 spiro atoms. The van der Waals surface area contributed by atoms with Gasteiger partial charge in [0.25, 0.3) is 0 Å². The maximum Gasteiger partial charge on any atom is 0.308 e. The number of esters is 2. The molecule has 0 heterocycles. The monoisotopic (exact) mass is 350 g/mol. The zero-order valence-electron chi connectivity index (χ0n) is 13.6. The molecule has 0 aliphatic heterocycles. The summed E-state index contributed by atoms with van der Waals surface area (Å²) >= 11 is 8.22. The van der Waals surface area contributed by atoms with Crippen LogP contribution in [0.2, 0.25) is 0 Å². The van der Waals surface area contributed by atoms with Gasteiger partial charge in [0, 0.05) is 19.3 Å². The molecule has 130 valence electrons. The lowest BCUT2D eigenvalue weighted by Crippen LogP contribution is -2.24. The van der Waals surface area contributed by atoms with Crippen molar-refractivity contribution in [2.45, 2.75) is 77.4 Å². The van der Waals surface area contributed by atoms with Crippen LogP contribution in [0.4, 0.5) is 0 Å².